The van der Waals surface area contributed by atoms with E-state index in [0.717, 1.165) is 22.3 Å². The maximum atomic E-state index is 12.8. The molecule has 0 amide bonds. The summed E-state index contributed by atoms with van der Waals surface area (Å²) in [6.07, 6.45) is 1.22. The lowest BCUT2D eigenvalue weighted by Gasteiger charge is -2.12. The van der Waals surface area contributed by atoms with E-state index in [1.54, 1.807) is 16.3 Å². The van der Waals surface area contributed by atoms with Crippen LogP contribution in [-0.2, 0) is 10.5 Å². The van der Waals surface area contributed by atoms with Crippen LogP contribution >= 0.6 is 23.5 Å². The van der Waals surface area contributed by atoms with E-state index in [0.29, 0.717) is 10.9 Å². The largest absolute Gasteiger partial charge is 0.446 e. The number of hydrogen-bond donors (Lipinski definition) is 0. The number of aromatic nitrogens is 3. The first-order valence-corrected chi connectivity index (χ1v) is 11.8. The Balaban J connectivity index is 1.60. The zero-order valence-electron chi connectivity index (χ0n) is 17.6. The number of ether oxygens (including phenoxy) is 1. The Labute approximate surface area is 190 Å². The van der Waals surface area contributed by atoms with Gasteiger partial charge >= 0.3 is 6.09 Å². The Morgan fingerprint density at radius 3 is 2.58 bits per heavy atom. The van der Waals surface area contributed by atoms with Crippen molar-refractivity contribution in [1.82, 2.24) is 14.5 Å². The molecule has 0 fully saturated rings. The first-order valence-electron chi connectivity index (χ1n) is 10.0. The number of para-hydroxylation sites is 2. The van der Waals surface area contributed by atoms with Crippen LogP contribution in [0.25, 0.3) is 11.0 Å². The SMILES string of the molecule is Cc1c(Sc2ccccc2)ccnc1CSc1nc2ccccc2n1C(=O)OC(C)C. The Kier molecular flexibility index (Phi) is 6.63. The van der Waals surface area contributed by atoms with Crippen molar-refractivity contribution in [2.75, 3.05) is 0 Å². The lowest BCUT2D eigenvalue weighted by Crippen LogP contribution is -2.18. The summed E-state index contributed by atoms with van der Waals surface area (Å²) in [5.41, 5.74) is 3.62. The van der Waals surface area contributed by atoms with Gasteiger partial charge < -0.3 is 4.74 Å². The van der Waals surface area contributed by atoms with E-state index in [-0.39, 0.29) is 6.10 Å². The van der Waals surface area contributed by atoms with Crippen LogP contribution in [0.5, 0.6) is 0 Å². The summed E-state index contributed by atoms with van der Waals surface area (Å²) < 4.78 is 7.01. The monoisotopic (exact) mass is 449 g/mol. The summed E-state index contributed by atoms with van der Waals surface area (Å²) in [4.78, 5) is 24.4. The second-order valence-electron chi connectivity index (χ2n) is 7.24. The van der Waals surface area contributed by atoms with Gasteiger partial charge in [-0.25, -0.2) is 14.3 Å². The number of nitrogens with zero attached hydrogens (tertiary/aromatic N) is 3. The molecule has 2 heterocycles. The third-order valence-electron chi connectivity index (χ3n) is 4.62. The first kappa shape index (κ1) is 21.5. The lowest BCUT2D eigenvalue weighted by atomic mass is 10.2. The highest BCUT2D eigenvalue weighted by molar-refractivity contribution is 7.99. The van der Waals surface area contributed by atoms with E-state index in [2.05, 4.69) is 29.0 Å². The summed E-state index contributed by atoms with van der Waals surface area (Å²) in [5.74, 6) is 0.604. The summed E-state index contributed by atoms with van der Waals surface area (Å²) >= 11 is 3.21. The second-order valence-corrected chi connectivity index (χ2v) is 9.29. The third-order valence-corrected chi connectivity index (χ3v) is 6.74. The minimum Gasteiger partial charge on any atom is -0.446 e. The van der Waals surface area contributed by atoms with Gasteiger partial charge in [-0.3, -0.25) is 4.98 Å². The van der Waals surface area contributed by atoms with E-state index in [4.69, 9.17) is 4.74 Å². The zero-order chi connectivity index (χ0) is 21.8. The first-order chi connectivity index (χ1) is 15.0. The Morgan fingerprint density at radius 2 is 1.81 bits per heavy atom. The molecule has 0 spiro atoms. The predicted octanol–water partition coefficient (Wildman–Crippen LogP) is 6.58. The number of benzene rings is 2. The molecule has 0 aliphatic rings. The molecule has 2 aromatic carbocycles. The van der Waals surface area contributed by atoms with Gasteiger partial charge in [0.05, 0.1) is 22.8 Å². The Bertz CT molecular complexity index is 1210. The van der Waals surface area contributed by atoms with Crippen LogP contribution < -0.4 is 0 Å². The van der Waals surface area contributed by atoms with Gasteiger partial charge in [-0.1, -0.05) is 53.9 Å². The van der Waals surface area contributed by atoms with E-state index in [1.165, 1.54) is 21.6 Å². The van der Waals surface area contributed by atoms with Gasteiger partial charge in [0.1, 0.15) is 0 Å². The van der Waals surface area contributed by atoms with Crippen molar-refractivity contribution in [3.8, 4) is 0 Å². The highest BCUT2D eigenvalue weighted by Crippen LogP contribution is 2.33. The lowest BCUT2D eigenvalue weighted by molar-refractivity contribution is 0.116. The molecule has 0 radical (unpaired) electrons. The van der Waals surface area contributed by atoms with Gasteiger partial charge in [0, 0.05) is 21.7 Å². The molecule has 158 valence electrons. The number of hydrogen-bond acceptors (Lipinski definition) is 6. The average molecular weight is 450 g/mol. The summed E-state index contributed by atoms with van der Waals surface area (Å²) in [6.45, 7) is 5.77. The van der Waals surface area contributed by atoms with Gasteiger partial charge in [0.25, 0.3) is 0 Å². The van der Waals surface area contributed by atoms with Crippen molar-refractivity contribution in [2.45, 2.75) is 47.6 Å². The van der Waals surface area contributed by atoms with Crippen molar-refractivity contribution in [2.24, 2.45) is 0 Å². The number of carbonyl (C=O) groups is 1. The second kappa shape index (κ2) is 9.58. The molecule has 0 bridgehead atoms. The summed E-state index contributed by atoms with van der Waals surface area (Å²) in [6, 6.07) is 19.9. The number of imidazole rings is 1. The maximum Gasteiger partial charge on any atom is 0.420 e. The average Bonchev–Trinajstić information content (AvgIpc) is 3.13. The molecule has 0 saturated carbocycles. The van der Waals surface area contributed by atoms with Crippen LogP contribution in [0.15, 0.2) is 81.8 Å². The van der Waals surface area contributed by atoms with Gasteiger partial charge in [-0.15, -0.1) is 0 Å². The molecule has 4 rings (SSSR count). The molecule has 4 aromatic rings. The molecule has 7 heteroatoms. The fourth-order valence-electron chi connectivity index (χ4n) is 3.09. The van der Waals surface area contributed by atoms with Crippen molar-refractivity contribution >= 4 is 40.7 Å². The van der Waals surface area contributed by atoms with E-state index >= 15 is 0 Å². The third kappa shape index (κ3) is 4.94. The molecule has 0 saturated heterocycles. The van der Waals surface area contributed by atoms with Crippen molar-refractivity contribution in [3.63, 3.8) is 0 Å². The predicted molar refractivity (Wildman–Crippen MR) is 126 cm³/mol. The van der Waals surface area contributed by atoms with Crippen LogP contribution in [0.2, 0.25) is 0 Å². The Morgan fingerprint density at radius 1 is 1.06 bits per heavy atom. The molecule has 31 heavy (non-hydrogen) atoms. The van der Waals surface area contributed by atoms with Crippen LogP contribution in [-0.4, -0.2) is 26.7 Å². The smallest absolute Gasteiger partial charge is 0.420 e. The van der Waals surface area contributed by atoms with E-state index < -0.39 is 6.09 Å². The van der Waals surface area contributed by atoms with Gasteiger partial charge in [-0.2, -0.15) is 0 Å². The van der Waals surface area contributed by atoms with Crippen LogP contribution in [0.1, 0.15) is 25.1 Å². The molecular formula is C24H23N3O2S2. The number of fused-ring (bicyclic) bond motifs is 1. The molecule has 0 aliphatic carbocycles. The van der Waals surface area contributed by atoms with Crippen molar-refractivity contribution < 1.29 is 9.53 Å². The van der Waals surface area contributed by atoms with Gasteiger partial charge in [0.2, 0.25) is 0 Å². The number of rotatable bonds is 6. The Hall–Kier alpha value is -2.77. The van der Waals surface area contributed by atoms with Crippen molar-refractivity contribution in [3.05, 3.63) is 78.1 Å². The fraction of sp³-hybridized carbons (Fsp3) is 0.208. The fourth-order valence-corrected chi connectivity index (χ4v) is 5.06. The zero-order valence-corrected chi connectivity index (χ0v) is 19.2. The van der Waals surface area contributed by atoms with Crippen LogP contribution in [0, 0.1) is 6.92 Å². The summed E-state index contributed by atoms with van der Waals surface area (Å²) in [5, 5.41) is 0.606. The maximum absolute atomic E-state index is 12.8. The van der Waals surface area contributed by atoms with Gasteiger partial charge in [-0.05, 0) is 56.7 Å². The molecule has 5 nitrogen and oxygen atoms in total. The molecular weight excluding hydrogens is 426 g/mol. The van der Waals surface area contributed by atoms with Gasteiger partial charge in [0.15, 0.2) is 5.16 Å². The molecule has 0 N–H and O–H groups in total. The van der Waals surface area contributed by atoms with E-state index in [1.807, 2.05) is 68.6 Å². The van der Waals surface area contributed by atoms with Crippen molar-refractivity contribution in [1.29, 1.82) is 0 Å². The number of carbonyl (C=O) groups excluding carboxylic acids is 1. The number of pyridine rings is 1. The quantitative estimate of drug-likeness (QED) is 0.310. The molecule has 2 aromatic heterocycles. The highest BCUT2D eigenvalue weighted by atomic mass is 32.2. The standard InChI is InChI=1S/C24H23N3O2S2/c1-16(2)29-24(28)27-21-12-8-7-11-19(21)26-23(27)30-15-20-17(3)22(13-14-25-20)31-18-9-5-4-6-10-18/h4-14,16H,15H2,1-3H3. The molecule has 0 aliphatic heterocycles. The summed E-state index contributed by atoms with van der Waals surface area (Å²) in [7, 11) is 0. The van der Waals surface area contributed by atoms with Crippen LogP contribution in [0.3, 0.4) is 0 Å². The minimum absolute atomic E-state index is 0.206. The normalized spacial score (nSPS) is 11.2. The molecule has 0 atom stereocenters. The topological polar surface area (TPSA) is 57.0 Å². The highest BCUT2D eigenvalue weighted by Gasteiger charge is 2.20. The van der Waals surface area contributed by atoms with Crippen LogP contribution in [0.4, 0.5) is 4.79 Å². The number of thioether (sulfide) groups is 1. The van der Waals surface area contributed by atoms with E-state index in [9.17, 15) is 4.79 Å². The molecule has 0 unspecified atom stereocenters. The minimum atomic E-state index is -0.413.